The molecule has 0 fully saturated rings. The van der Waals surface area contributed by atoms with Gasteiger partial charge in [0.1, 0.15) is 11.8 Å². The van der Waals surface area contributed by atoms with Gasteiger partial charge in [-0.2, -0.15) is 5.26 Å². The molecule has 1 aromatic carbocycles. The summed E-state index contributed by atoms with van der Waals surface area (Å²) < 4.78 is 7.33. The predicted molar refractivity (Wildman–Crippen MR) is 75.8 cm³/mol. The number of hydrogen-bond acceptors (Lipinski definition) is 4. The normalized spacial score (nSPS) is 17.0. The molecule has 0 N–H and O–H groups in total. The van der Waals surface area contributed by atoms with E-state index in [0.717, 1.165) is 5.69 Å². The van der Waals surface area contributed by atoms with E-state index in [2.05, 4.69) is 4.98 Å². The lowest BCUT2D eigenvalue weighted by molar-refractivity contribution is -0.125. The summed E-state index contributed by atoms with van der Waals surface area (Å²) in [5.41, 5.74) is 0.763. The van der Waals surface area contributed by atoms with E-state index >= 15 is 0 Å². The number of anilines is 1. The molecule has 0 bridgehead atoms. The summed E-state index contributed by atoms with van der Waals surface area (Å²) in [5.74, 6) is 0.972. The van der Waals surface area contributed by atoms with Crippen LogP contribution in [-0.4, -0.2) is 28.1 Å². The molecule has 1 aliphatic rings. The third kappa shape index (κ3) is 2.34. The zero-order chi connectivity index (χ0) is 14.8. The van der Waals surface area contributed by atoms with Crippen molar-refractivity contribution in [1.29, 1.82) is 5.26 Å². The average molecular weight is 282 g/mol. The second-order valence-electron chi connectivity index (χ2n) is 4.77. The number of carbonyl (C=O) groups excluding carboxylic acids is 1. The van der Waals surface area contributed by atoms with Crippen LogP contribution in [0.3, 0.4) is 0 Å². The van der Waals surface area contributed by atoms with Crippen LogP contribution < -0.4 is 9.64 Å². The van der Waals surface area contributed by atoms with Gasteiger partial charge >= 0.3 is 0 Å². The zero-order valence-corrected chi connectivity index (χ0v) is 11.6. The minimum Gasteiger partial charge on any atom is -0.479 e. The maximum absolute atomic E-state index is 12.3. The lowest BCUT2D eigenvalue weighted by Gasteiger charge is -2.33. The van der Waals surface area contributed by atoms with Gasteiger partial charge in [-0.25, -0.2) is 4.98 Å². The third-order valence-electron chi connectivity index (χ3n) is 3.45. The van der Waals surface area contributed by atoms with Gasteiger partial charge in [0.2, 0.25) is 5.82 Å². The number of nitrogens with zero attached hydrogens (tertiary/aromatic N) is 4. The Morgan fingerprint density at radius 1 is 1.38 bits per heavy atom. The first kappa shape index (κ1) is 13.2. The van der Waals surface area contributed by atoms with Crippen molar-refractivity contribution in [3.05, 3.63) is 42.5 Å². The molecular formula is C15H14N4O2. The van der Waals surface area contributed by atoms with Crippen LogP contribution in [0.1, 0.15) is 12.7 Å². The molecule has 1 atom stereocenters. The minimum atomic E-state index is -0.502. The van der Waals surface area contributed by atoms with Crippen LogP contribution >= 0.6 is 0 Å². The second kappa shape index (κ2) is 5.29. The van der Waals surface area contributed by atoms with Gasteiger partial charge in [0.25, 0.3) is 5.91 Å². The van der Waals surface area contributed by atoms with Crippen molar-refractivity contribution in [1.82, 2.24) is 9.55 Å². The molecule has 0 spiro atoms. The summed E-state index contributed by atoms with van der Waals surface area (Å²) in [7, 11) is 0. The Kier molecular flexibility index (Phi) is 3.32. The molecule has 106 valence electrons. The van der Waals surface area contributed by atoms with Crippen molar-refractivity contribution in [2.24, 2.45) is 0 Å². The highest BCUT2D eigenvalue weighted by molar-refractivity contribution is 5.99. The van der Waals surface area contributed by atoms with Crippen LogP contribution in [0.5, 0.6) is 5.75 Å². The van der Waals surface area contributed by atoms with Crippen LogP contribution in [0, 0.1) is 11.3 Å². The third-order valence-corrected chi connectivity index (χ3v) is 3.45. The first-order chi connectivity index (χ1) is 10.2. The summed E-state index contributed by atoms with van der Waals surface area (Å²) in [6.45, 7) is 2.72. The van der Waals surface area contributed by atoms with Crippen molar-refractivity contribution in [3.63, 3.8) is 0 Å². The molecule has 21 heavy (non-hydrogen) atoms. The Morgan fingerprint density at radius 2 is 2.19 bits per heavy atom. The van der Waals surface area contributed by atoms with Crippen LogP contribution in [0.4, 0.5) is 5.69 Å². The average Bonchev–Trinajstić information content (AvgIpc) is 2.95. The second-order valence-corrected chi connectivity index (χ2v) is 4.77. The summed E-state index contributed by atoms with van der Waals surface area (Å²) in [6.07, 6.45) is 2.81. The van der Waals surface area contributed by atoms with Gasteiger partial charge in [0.05, 0.1) is 5.69 Å². The molecule has 0 saturated carbocycles. The largest absolute Gasteiger partial charge is 0.479 e. The number of imidazole rings is 1. The molecule has 6 heteroatoms. The van der Waals surface area contributed by atoms with Gasteiger partial charge in [0, 0.05) is 25.5 Å². The number of hydrogen-bond donors (Lipinski definition) is 0. The van der Waals surface area contributed by atoms with Gasteiger partial charge in [0.15, 0.2) is 6.10 Å². The molecule has 0 unspecified atom stereocenters. The molecule has 1 aromatic heterocycles. The highest BCUT2D eigenvalue weighted by Crippen LogP contribution is 2.33. The number of aromatic nitrogens is 2. The zero-order valence-electron chi connectivity index (χ0n) is 11.6. The maximum atomic E-state index is 12.3. The summed E-state index contributed by atoms with van der Waals surface area (Å²) in [5, 5.41) is 8.96. The Hall–Kier alpha value is -2.81. The Bertz CT molecular complexity index is 716. The van der Waals surface area contributed by atoms with Crippen LogP contribution in [0.25, 0.3) is 0 Å². The Morgan fingerprint density at radius 3 is 3.00 bits per heavy atom. The molecule has 2 aromatic rings. The Labute approximate surface area is 122 Å². The molecule has 6 nitrogen and oxygen atoms in total. The number of rotatable bonds is 3. The van der Waals surface area contributed by atoms with E-state index in [9.17, 15) is 4.79 Å². The minimum absolute atomic E-state index is 0.0766. The van der Waals surface area contributed by atoms with Crippen molar-refractivity contribution in [2.45, 2.75) is 19.6 Å². The highest BCUT2D eigenvalue weighted by atomic mass is 16.5. The lowest BCUT2D eigenvalue weighted by atomic mass is 10.2. The standard InChI is InChI=1S/C15H14N4O2/c1-11-15(20)19(12-4-2-3-5-13(12)21-11)9-8-18-7-6-17-14(18)10-16/h2-7,11H,8-9H2,1H3/t11-/m0/s1. The van der Waals surface area contributed by atoms with E-state index in [1.165, 1.54) is 0 Å². The molecule has 3 rings (SSSR count). The highest BCUT2D eigenvalue weighted by Gasteiger charge is 2.30. The van der Waals surface area contributed by atoms with Crippen molar-refractivity contribution < 1.29 is 9.53 Å². The smallest absolute Gasteiger partial charge is 0.267 e. The van der Waals surface area contributed by atoms with Gasteiger partial charge < -0.3 is 14.2 Å². The van der Waals surface area contributed by atoms with Gasteiger partial charge in [-0.15, -0.1) is 0 Å². The van der Waals surface area contributed by atoms with E-state index < -0.39 is 6.10 Å². The van der Waals surface area contributed by atoms with Gasteiger partial charge in [-0.1, -0.05) is 12.1 Å². The van der Waals surface area contributed by atoms with Crippen LogP contribution in [0.15, 0.2) is 36.7 Å². The molecular weight excluding hydrogens is 268 g/mol. The number of amides is 1. The molecule has 1 amide bonds. The number of fused-ring (bicyclic) bond motifs is 1. The topological polar surface area (TPSA) is 71.2 Å². The van der Waals surface area contributed by atoms with Crippen molar-refractivity contribution >= 4 is 11.6 Å². The van der Waals surface area contributed by atoms with Crippen molar-refractivity contribution in [2.75, 3.05) is 11.4 Å². The number of ether oxygens (including phenoxy) is 1. The van der Waals surface area contributed by atoms with E-state index in [4.69, 9.17) is 10.00 Å². The van der Waals surface area contributed by atoms with Crippen LogP contribution in [0.2, 0.25) is 0 Å². The summed E-state index contributed by atoms with van der Waals surface area (Å²) in [4.78, 5) is 18.0. The number of para-hydroxylation sites is 2. The van der Waals surface area contributed by atoms with Gasteiger partial charge in [-0.05, 0) is 19.1 Å². The summed E-state index contributed by atoms with van der Waals surface area (Å²) >= 11 is 0. The maximum Gasteiger partial charge on any atom is 0.267 e. The number of carbonyl (C=O) groups is 1. The fourth-order valence-corrected chi connectivity index (χ4v) is 2.40. The van der Waals surface area contributed by atoms with Crippen LogP contribution in [-0.2, 0) is 11.3 Å². The molecule has 0 saturated heterocycles. The summed E-state index contributed by atoms with van der Waals surface area (Å²) in [6, 6.07) is 9.49. The number of nitriles is 1. The molecule has 1 aliphatic heterocycles. The van der Waals surface area contributed by atoms with E-state index in [0.29, 0.717) is 24.7 Å². The molecule has 0 radical (unpaired) electrons. The lowest BCUT2D eigenvalue weighted by Crippen LogP contribution is -2.45. The SMILES string of the molecule is C[C@@H]1Oc2ccccc2N(CCn2ccnc2C#N)C1=O. The Balaban J connectivity index is 1.84. The first-order valence-corrected chi connectivity index (χ1v) is 6.69. The fourth-order valence-electron chi connectivity index (χ4n) is 2.40. The van der Waals surface area contributed by atoms with Crippen molar-refractivity contribution in [3.8, 4) is 11.8 Å². The first-order valence-electron chi connectivity index (χ1n) is 6.69. The quantitative estimate of drug-likeness (QED) is 0.856. The van der Waals surface area contributed by atoms with Gasteiger partial charge in [-0.3, -0.25) is 4.79 Å². The molecule has 0 aliphatic carbocycles. The monoisotopic (exact) mass is 282 g/mol. The van der Waals surface area contributed by atoms with E-state index in [1.807, 2.05) is 30.3 Å². The predicted octanol–water partition coefficient (Wildman–Crippen LogP) is 1.57. The number of benzene rings is 1. The fraction of sp³-hybridized carbons (Fsp3) is 0.267. The van der Waals surface area contributed by atoms with E-state index in [1.54, 1.807) is 28.8 Å². The van der Waals surface area contributed by atoms with E-state index in [-0.39, 0.29) is 5.91 Å². The molecule has 2 heterocycles.